The zero-order valence-corrected chi connectivity index (χ0v) is 20.8. The summed E-state index contributed by atoms with van der Waals surface area (Å²) in [6.07, 6.45) is 0.404. The highest BCUT2D eigenvalue weighted by Gasteiger charge is 2.32. The molecule has 0 spiro atoms. The number of anilines is 1. The maximum atomic E-state index is 14.8. The molecule has 1 N–H and O–H groups in total. The second kappa shape index (κ2) is 8.77. The molecule has 1 aliphatic heterocycles. The van der Waals surface area contributed by atoms with Gasteiger partial charge in [0.25, 0.3) is 5.91 Å². The van der Waals surface area contributed by atoms with Gasteiger partial charge in [-0.3, -0.25) is 4.79 Å². The molecule has 1 atom stereocenters. The molecule has 0 saturated carbocycles. The number of amides is 1. The third-order valence-electron chi connectivity index (χ3n) is 6.82. The SMILES string of the molecule is Cc1nn(C2CCS(=O)(=O)C2)c2nc(-c3ccccc3F)cc(C(=O)Nc3cccc4ccccc34)c12. The number of hydrogen-bond acceptors (Lipinski definition) is 5. The number of nitrogens with one attached hydrogen (secondary N) is 1. The molecule has 9 heteroatoms. The summed E-state index contributed by atoms with van der Waals surface area (Å²) in [7, 11) is -3.19. The molecule has 5 aromatic rings. The Kier molecular flexibility index (Phi) is 5.52. The number of halogens is 1. The van der Waals surface area contributed by atoms with E-state index in [1.54, 1.807) is 35.9 Å². The standard InChI is InChI=1S/C28H23FN4O3S/c1-17-26-22(28(34)31-24-12-6-8-18-7-2-3-9-20(18)24)15-25(21-10-4-5-11-23(21)29)30-27(26)33(32-17)19-13-14-37(35,36)16-19/h2-12,15,19H,13-14,16H2,1H3,(H,31,34). The van der Waals surface area contributed by atoms with Crippen LogP contribution in [0.2, 0.25) is 0 Å². The molecule has 0 radical (unpaired) electrons. The first-order valence-corrected chi connectivity index (χ1v) is 13.8. The van der Waals surface area contributed by atoms with E-state index in [1.807, 2.05) is 42.5 Å². The van der Waals surface area contributed by atoms with Crippen molar-refractivity contribution in [2.24, 2.45) is 0 Å². The van der Waals surface area contributed by atoms with E-state index in [0.29, 0.717) is 34.4 Å². The number of sulfone groups is 1. The van der Waals surface area contributed by atoms with Gasteiger partial charge in [-0.15, -0.1) is 0 Å². The summed E-state index contributed by atoms with van der Waals surface area (Å²) in [5, 5.41) is 10.0. The van der Waals surface area contributed by atoms with E-state index in [2.05, 4.69) is 10.4 Å². The highest BCUT2D eigenvalue weighted by Crippen LogP contribution is 2.33. The van der Waals surface area contributed by atoms with E-state index in [-0.39, 0.29) is 28.7 Å². The van der Waals surface area contributed by atoms with Crippen LogP contribution in [0.5, 0.6) is 0 Å². The van der Waals surface area contributed by atoms with Gasteiger partial charge >= 0.3 is 0 Å². The Balaban J connectivity index is 1.54. The van der Waals surface area contributed by atoms with Gasteiger partial charge in [0, 0.05) is 16.6 Å². The van der Waals surface area contributed by atoms with Crippen molar-refractivity contribution in [2.75, 3.05) is 16.8 Å². The fourth-order valence-corrected chi connectivity index (χ4v) is 6.74. The zero-order valence-electron chi connectivity index (χ0n) is 20.0. The van der Waals surface area contributed by atoms with Crippen molar-refractivity contribution in [3.05, 3.63) is 89.9 Å². The van der Waals surface area contributed by atoms with Crippen molar-refractivity contribution < 1.29 is 17.6 Å². The monoisotopic (exact) mass is 514 g/mol. The van der Waals surface area contributed by atoms with E-state index < -0.39 is 21.7 Å². The van der Waals surface area contributed by atoms with Crippen molar-refractivity contribution in [2.45, 2.75) is 19.4 Å². The second-order valence-corrected chi connectivity index (χ2v) is 11.5. The molecule has 1 unspecified atom stereocenters. The number of fused-ring (bicyclic) bond motifs is 2. The second-order valence-electron chi connectivity index (χ2n) is 9.30. The van der Waals surface area contributed by atoms with Crippen LogP contribution in [0.4, 0.5) is 10.1 Å². The predicted octanol–water partition coefficient (Wildman–Crippen LogP) is 5.31. The van der Waals surface area contributed by atoms with Crippen molar-refractivity contribution in [1.29, 1.82) is 0 Å². The number of aryl methyl sites for hydroxylation is 1. The molecule has 1 amide bonds. The maximum Gasteiger partial charge on any atom is 0.256 e. The van der Waals surface area contributed by atoms with Crippen LogP contribution in [0.3, 0.4) is 0 Å². The molecule has 3 heterocycles. The lowest BCUT2D eigenvalue weighted by Gasteiger charge is -2.13. The third kappa shape index (κ3) is 4.15. The van der Waals surface area contributed by atoms with Gasteiger partial charge in [-0.05, 0) is 43.0 Å². The minimum absolute atomic E-state index is 0.0492. The fraction of sp³-hybridized carbons (Fsp3) is 0.179. The van der Waals surface area contributed by atoms with Crippen LogP contribution in [0, 0.1) is 12.7 Å². The van der Waals surface area contributed by atoms with Crippen molar-refractivity contribution in [3.8, 4) is 11.3 Å². The van der Waals surface area contributed by atoms with Crippen LogP contribution in [-0.4, -0.2) is 40.6 Å². The molecular formula is C28H23FN4O3S. The summed E-state index contributed by atoms with van der Waals surface area (Å²) >= 11 is 0. The molecule has 186 valence electrons. The number of carbonyl (C=O) groups is 1. The molecule has 1 aliphatic rings. The van der Waals surface area contributed by atoms with Crippen molar-refractivity contribution in [1.82, 2.24) is 14.8 Å². The van der Waals surface area contributed by atoms with Crippen LogP contribution in [0.15, 0.2) is 72.8 Å². The quantitative estimate of drug-likeness (QED) is 0.351. The van der Waals surface area contributed by atoms with Gasteiger partial charge in [-0.1, -0.05) is 48.5 Å². The molecule has 0 aliphatic carbocycles. The zero-order chi connectivity index (χ0) is 25.7. The Bertz CT molecular complexity index is 1810. The van der Waals surface area contributed by atoms with E-state index in [9.17, 15) is 17.6 Å². The summed E-state index contributed by atoms with van der Waals surface area (Å²) in [5.74, 6) is -0.838. The Hall–Kier alpha value is -4.11. The van der Waals surface area contributed by atoms with E-state index in [1.165, 1.54) is 6.07 Å². The first kappa shape index (κ1) is 23.3. The average Bonchev–Trinajstić information content (AvgIpc) is 3.42. The van der Waals surface area contributed by atoms with Crippen molar-refractivity contribution in [3.63, 3.8) is 0 Å². The van der Waals surface area contributed by atoms with Gasteiger partial charge in [-0.25, -0.2) is 22.5 Å². The molecule has 7 nitrogen and oxygen atoms in total. The number of rotatable bonds is 4. The van der Waals surface area contributed by atoms with Gasteiger partial charge in [0.2, 0.25) is 0 Å². The van der Waals surface area contributed by atoms with Crippen molar-refractivity contribution >= 4 is 43.2 Å². The lowest BCUT2D eigenvalue weighted by Crippen LogP contribution is -2.15. The highest BCUT2D eigenvalue weighted by molar-refractivity contribution is 7.91. The average molecular weight is 515 g/mol. The van der Waals surface area contributed by atoms with Crippen LogP contribution in [0.1, 0.15) is 28.5 Å². The minimum atomic E-state index is -3.19. The molecule has 2 aromatic heterocycles. The Labute approximate surface area is 212 Å². The van der Waals surface area contributed by atoms with Gasteiger partial charge in [0.15, 0.2) is 15.5 Å². The normalized spacial score (nSPS) is 16.9. The highest BCUT2D eigenvalue weighted by atomic mass is 32.2. The number of pyridine rings is 1. The van der Waals surface area contributed by atoms with Gasteiger partial charge in [0.1, 0.15) is 5.82 Å². The Morgan fingerprint density at radius 1 is 1.05 bits per heavy atom. The van der Waals surface area contributed by atoms with Crippen LogP contribution in [-0.2, 0) is 9.84 Å². The summed E-state index contributed by atoms with van der Waals surface area (Å²) in [4.78, 5) is 18.5. The molecule has 1 saturated heterocycles. The predicted molar refractivity (Wildman–Crippen MR) is 142 cm³/mol. The van der Waals surface area contributed by atoms with E-state index in [4.69, 9.17) is 4.98 Å². The van der Waals surface area contributed by atoms with Gasteiger partial charge in [-0.2, -0.15) is 5.10 Å². The largest absolute Gasteiger partial charge is 0.321 e. The number of aromatic nitrogens is 3. The summed E-state index contributed by atoms with van der Waals surface area (Å²) < 4.78 is 40.8. The molecule has 0 bridgehead atoms. The minimum Gasteiger partial charge on any atom is -0.321 e. The Morgan fingerprint density at radius 2 is 1.81 bits per heavy atom. The van der Waals surface area contributed by atoms with Crippen LogP contribution < -0.4 is 5.32 Å². The number of carbonyl (C=O) groups excluding carboxylic acids is 1. The third-order valence-corrected chi connectivity index (χ3v) is 8.57. The lowest BCUT2D eigenvalue weighted by molar-refractivity contribution is 0.102. The summed E-state index contributed by atoms with van der Waals surface area (Å²) in [6.45, 7) is 1.77. The number of benzene rings is 3. The fourth-order valence-electron chi connectivity index (χ4n) is 5.05. The van der Waals surface area contributed by atoms with E-state index in [0.717, 1.165) is 10.8 Å². The summed E-state index contributed by atoms with van der Waals surface area (Å²) in [6, 6.07) is 20.8. The first-order valence-electron chi connectivity index (χ1n) is 11.9. The van der Waals surface area contributed by atoms with Crippen LogP contribution >= 0.6 is 0 Å². The smallest absolute Gasteiger partial charge is 0.256 e. The van der Waals surface area contributed by atoms with Gasteiger partial charge in [0.05, 0.1) is 39.9 Å². The molecule has 1 fully saturated rings. The Morgan fingerprint density at radius 3 is 2.59 bits per heavy atom. The molecule has 6 rings (SSSR count). The number of hydrogen-bond donors (Lipinski definition) is 1. The lowest BCUT2D eigenvalue weighted by atomic mass is 10.0. The number of nitrogens with zero attached hydrogens (tertiary/aromatic N) is 3. The maximum absolute atomic E-state index is 14.8. The topological polar surface area (TPSA) is 93.9 Å². The van der Waals surface area contributed by atoms with E-state index >= 15 is 0 Å². The first-order chi connectivity index (χ1) is 17.8. The molecule has 37 heavy (non-hydrogen) atoms. The molecular weight excluding hydrogens is 491 g/mol. The van der Waals surface area contributed by atoms with Crippen LogP contribution in [0.25, 0.3) is 33.1 Å². The molecule has 3 aromatic carbocycles. The van der Waals surface area contributed by atoms with Gasteiger partial charge < -0.3 is 5.32 Å². The summed E-state index contributed by atoms with van der Waals surface area (Å²) in [5.41, 5.74) is 2.37.